The molecule has 0 saturated heterocycles. The van der Waals surface area contributed by atoms with Crippen molar-refractivity contribution in [3.05, 3.63) is 35.7 Å². The third kappa shape index (κ3) is 3.12. The van der Waals surface area contributed by atoms with Crippen LogP contribution >= 0.6 is 0 Å². The summed E-state index contributed by atoms with van der Waals surface area (Å²) < 4.78 is 36.2. The van der Waals surface area contributed by atoms with E-state index in [-0.39, 0.29) is 17.7 Å². The Morgan fingerprint density at radius 2 is 2.12 bits per heavy atom. The van der Waals surface area contributed by atoms with Gasteiger partial charge in [0.15, 0.2) is 0 Å². The fourth-order valence-corrected chi connectivity index (χ4v) is 1.19. The number of hydrogen-bond donors (Lipinski definition) is 1. The zero-order valence-electron chi connectivity index (χ0n) is 8.62. The molecule has 0 aromatic heterocycles. The molecule has 0 saturated carbocycles. The van der Waals surface area contributed by atoms with Crippen molar-refractivity contribution in [2.75, 3.05) is 0 Å². The van der Waals surface area contributed by atoms with E-state index in [2.05, 4.69) is 4.99 Å². The van der Waals surface area contributed by atoms with Crippen LogP contribution in [-0.2, 0) is 0 Å². The van der Waals surface area contributed by atoms with Gasteiger partial charge >= 0.3 is 0 Å². The van der Waals surface area contributed by atoms with E-state index in [1.165, 1.54) is 6.07 Å². The highest BCUT2D eigenvalue weighted by Crippen LogP contribution is 2.25. The summed E-state index contributed by atoms with van der Waals surface area (Å²) in [4.78, 5) is 3.55. The lowest BCUT2D eigenvalue weighted by molar-refractivity contribution is 0.231. The maximum atomic E-state index is 12.3. The van der Waals surface area contributed by atoms with Crippen molar-refractivity contribution in [2.24, 2.45) is 10.7 Å². The van der Waals surface area contributed by atoms with Crippen molar-refractivity contribution in [3.63, 3.8) is 0 Å². The third-order valence-electron chi connectivity index (χ3n) is 1.91. The lowest BCUT2D eigenvalue weighted by Gasteiger charge is -2.05. The summed E-state index contributed by atoms with van der Waals surface area (Å²) in [7, 11) is 0. The van der Waals surface area contributed by atoms with Crippen LogP contribution in [0.25, 0.3) is 5.70 Å². The summed E-state index contributed by atoms with van der Waals surface area (Å²) in [6.45, 7) is 1.79. The number of halogens is 3. The normalized spacial score (nSPS) is 12.7. The molecule has 0 fully saturated rings. The average Bonchev–Trinajstić information content (AvgIpc) is 2.26. The first kappa shape index (κ1) is 12.3. The van der Waals surface area contributed by atoms with Gasteiger partial charge in [-0.3, -0.25) is 4.99 Å². The van der Waals surface area contributed by atoms with Crippen LogP contribution < -0.4 is 5.73 Å². The van der Waals surface area contributed by atoms with Gasteiger partial charge in [-0.25, -0.2) is 13.2 Å². The summed E-state index contributed by atoms with van der Waals surface area (Å²) in [5.41, 5.74) is 6.63. The van der Waals surface area contributed by atoms with Crippen LogP contribution in [0, 0.1) is 6.92 Å². The van der Waals surface area contributed by atoms with Gasteiger partial charge in [0.05, 0.1) is 17.6 Å². The van der Waals surface area contributed by atoms with E-state index in [4.69, 9.17) is 5.73 Å². The molecule has 0 unspecified atom stereocenters. The Balaban J connectivity index is 3.18. The van der Waals surface area contributed by atoms with Crippen molar-refractivity contribution in [1.29, 1.82) is 0 Å². The molecule has 0 aliphatic rings. The molecule has 0 atom stereocenters. The van der Waals surface area contributed by atoms with Crippen LogP contribution in [0.15, 0.2) is 29.5 Å². The smallest absolute Gasteiger partial charge is 0.273 e. The quantitative estimate of drug-likeness (QED) is 0.793. The number of alkyl halides is 2. The van der Waals surface area contributed by atoms with E-state index >= 15 is 0 Å². The molecule has 0 radical (unpaired) electrons. The Bertz CT molecular complexity index is 425. The van der Waals surface area contributed by atoms with Crippen LogP contribution in [0.1, 0.15) is 11.1 Å². The first-order valence-corrected chi connectivity index (χ1v) is 4.54. The highest BCUT2D eigenvalue weighted by atomic mass is 19.3. The lowest BCUT2D eigenvalue weighted by atomic mass is 10.1. The minimum atomic E-state index is -2.65. The van der Waals surface area contributed by atoms with E-state index in [1.807, 2.05) is 0 Å². The van der Waals surface area contributed by atoms with Crippen LogP contribution in [0.4, 0.5) is 18.9 Å². The van der Waals surface area contributed by atoms with Crippen LogP contribution in [0.2, 0.25) is 0 Å². The first-order valence-electron chi connectivity index (χ1n) is 4.54. The van der Waals surface area contributed by atoms with Crippen molar-refractivity contribution < 1.29 is 13.2 Å². The molecular weight excluding hydrogens is 217 g/mol. The molecule has 1 rings (SSSR count). The SMILES string of the molecule is Cc1ccc(N=CC(F)F)c(/C(N)=C\F)c1. The number of nitrogens with zero attached hydrogens (tertiary/aromatic N) is 1. The second-order valence-corrected chi connectivity index (χ2v) is 3.20. The molecule has 0 spiro atoms. The molecule has 86 valence electrons. The third-order valence-corrected chi connectivity index (χ3v) is 1.91. The van der Waals surface area contributed by atoms with E-state index < -0.39 is 6.43 Å². The number of hydrogen-bond acceptors (Lipinski definition) is 2. The molecule has 0 aliphatic heterocycles. The Morgan fingerprint density at radius 3 is 2.69 bits per heavy atom. The Morgan fingerprint density at radius 1 is 1.44 bits per heavy atom. The number of aryl methyl sites for hydroxylation is 1. The van der Waals surface area contributed by atoms with Crippen LogP contribution in [0.5, 0.6) is 0 Å². The fourth-order valence-electron chi connectivity index (χ4n) is 1.19. The van der Waals surface area contributed by atoms with Crippen molar-refractivity contribution in [2.45, 2.75) is 13.3 Å². The van der Waals surface area contributed by atoms with Gasteiger partial charge in [-0.15, -0.1) is 0 Å². The van der Waals surface area contributed by atoms with Gasteiger partial charge in [0.2, 0.25) is 0 Å². The molecule has 0 amide bonds. The standard InChI is InChI=1S/C11H11F3N2/c1-7-2-3-10(16-6-11(13)14)8(4-7)9(15)5-12/h2-6,11H,15H2,1H3/b9-5+,16-6?. The zero-order valence-corrected chi connectivity index (χ0v) is 8.62. The fraction of sp³-hybridized carbons (Fsp3) is 0.182. The predicted octanol–water partition coefficient (Wildman–Crippen LogP) is 3.19. The highest BCUT2D eigenvalue weighted by Gasteiger charge is 2.05. The summed E-state index contributed by atoms with van der Waals surface area (Å²) in [5.74, 6) is 0. The molecule has 16 heavy (non-hydrogen) atoms. The molecule has 1 aromatic carbocycles. The summed E-state index contributed by atoms with van der Waals surface area (Å²) >= 11 is 0. The largest absolute Gasteiger partial charge is 0.396 e. The Kier molecular flexibility index (Phi) is 4.10. The highest BCUT2D eigenvalue weighted by molar-refractivity contribution is 5.76. The molecule has 5 heteroatoms. The van der Waals surface area contributed by atoms with Crippen LogP contribution in [0.3, 0.4) is 0 Å². The average molecular weight is 228 g/mol. The second-order valence-electron chi connectivity index (χ2n) is 3.20. The number of benzene rings is 1. The first-order chi connectivity index (χ1) is 7.54. The van der Waals surface area contributed by atoms with E-state index in [9.17, 15) is 13.2 Å². The monoisotopic (exact) mass is 228 g/mol. The van der Waals surface area contributed by atoms with Gasteiger partial charge in [-0.1, -0.05) is 11.6 Å². The van der Waals surface area contributed by atoms with Crippen molar-refractivity contribution >= 4 is 17.6 Å². The predicted molar refractivity (Wildman–Crippen MR) is 58.6 cm³/mol. The molecule has 0 bridgehead atoms. The molecule has 0 aliphatic carbocycles. The van der Waals surface area contributed by atoms with E-state index in [0.29, 0.717) is 11.8 Å². The summed E-state index contributed by atoms with van der Waals surface area (Å²) in [5, 5.41) is 0. The Hall–Kier alpha value is -1.78. The van der Waals surface area contributed by atoms with Crippen molar-refractivity contribution in [1.82, 2.24) is 0 Å². The lowest BCUT2D eigenvalue weighted by Crippen LogP contribution is -1.97. The molecule has 0 heterocycles. The summed E-state index contributed by atoms with van der Waals surface area (Å²) in [6.07, 6.45) is -1.94. The van der Waals surface area contributed by atoms with E-state index in [0.717, 1.165) is 5.56 Å². The topological polar surface area (TPSA) is 38.4 Å². The maximum Gasteiger partial charge on any atom is 0.273 e. The maximum absolute atomic E-state index is 12.3. The number of aliphatic imine (C=N–C) groups is 1. The minimum absolute atomic E-state index is 0.134. The summed E-state index contributed by atoms with van der Waals surface area (Å²) in [6, 6.07) is 4.79. The van der Waals surface area contributed by atoms with E-state index in [1.54, 1.807) is 19.1 Å². The zero-order chi connectivity index (χ0) is 12.1. The van der Waals surface area contributed by atoms with Crippen LogP contribution in [-0.4, -0.2) is 12.6 Å². The molecule has 2 N–H and O–H groups in total. The van der Waals surface area contributed by atoms with Gasteiger partial charge in [0.1, 0.15) is 6.33 Å². The Labute approximate surface area is 91.3 Å². The minimum Gasteiger partial charge on any atom is -0.396 e. The van der Waals surface area contributed by atoms with Gasteiger partial charge in [0.25, 0.3) is 6.43 Å². The van der Waals surface area contributed by atoms with Gasteiger partial charge in [-0.2, -0.15) is 0 Å². The van der Waals surface area contributed by atoms with Gasteiger partial charge in [-0.05, 0) is 19.1 Å². The number of nitrogens with two attached hydrogens (primary N) is 1. The van der Waals surface area contributed by atoms with Crippen molar-refractivity contribution in [3.8, 4) is 0 Å². The molecule has 1 aromatic rings. The van der Waals surface area contributed by atoms with Gasteiger partial charge in [0, 0.05) is 5.56 Å². The second kappa shape index (κ2) is 5.34. The number of rotatable bonds is 3. The molecular formula is C11H11F3N2. The molecule has 2 nitrogen and oxygen atoms in total. The van der Waals surface area contributed by atoms with Gasteiger partial charge < -0.3 is 5.73 Å².